The van der Waals surface area contributed by atoms with Crippen molar-refractivity contribution in [2.45, 2.75) is 25.7 Å². The molecule has 0 bridgehead atoms. The van der Waals surface area contributed by atoms with Gasteiger partial charge in [-0.2, -0.15) is 0 Å². The fraction of sp³-hybridized carbons (Fsp3) is 0.875. The van der Waals surface area contributed by atoms with Crippen LogP contribution >= 0.6 is 0 Å². The second-order valence-corrected chi connectivity index (χ2v) is 3.21. The van der Waals surface area contributed by atoms with Gasteiger partial charge in [-0.25, -0.2) is 0 Å². The lowest BCUT2D eigenvalue weighted by Gasteiger charge is -2.13. The van der Waals surface area contributed by atoms with E-state index in [0.717, 1.165) is 25.7 Å². The summed E-state index contributed by atoms with van der Waals surface area (Å²) in [5, 5.41) is 8.77. The minimum absolute atomic E-state index is 0.112. The Labute approximate surface area is 66.6 Å². The first-order chi connectivity index (χ1) is 5.25. The van der Waals surface area contributed by atoms with Crippen LogP contribution in [0.1, 0.15) is 25.7 Å². The summed E-state index contributed by atoms with van der Waals surface area (Å²) in [7, 11) is 0. The van der Waals surface area contributed by atoms with Crippen LogP contribution in [0.5, 0.6) is 0 Å². The summed E-state index contributed by atoms with van der Waals surface area (Å²) in [5.41, 5.74) is 5.38. The fourth-order valence-corrected chi connectivity index (χ4v) is 1.92. The highest BCUT2D eigenvalue weighted by molar-refractivity contribution is 5.70. The molecule has 1 aliphatic carbocycles. The topological polar surface area (TPSA) is 63.3 Å². The number of nitrogens with two attached hydrogens (primary N) is 1. The van der Waals surface area contributed by atoms with Gasteiger partial charge in [0, 0.05) is 0 Å². The van der Waals surface area contributed by atoms with Crippen LogP contribution in [0.15, 0.2) is 0 Å². The first kappa shape index (κ1) is 8.53. The highest BCUT2D eigenvalue weighted by Crippen LogP contribution is 2.33. The molecule has 1 unspecified atom stereocenters. The molecule has 3 heteroatoms. The molecule has 0 aromatic rings. The van der Waals surface area contributed by atoms with Gasteiger partial charge in [0.05, 0.1) is 5.92 Å². The molecule has 0 amide bonds. The first-order valence-electron chi connectivity index (χ1n) is 4.18. The van der Waals surface area contributed by atoms with Crippen molar-refractivity contribution in [3.8, 4) is 0 Å². The van der Waals surface area contributed by atoms with Crippen molar-refractivity contribution in [1.82, 2.24) is 0 Å². The molecule has 0 radical (unpaired) electrons. The summed E-state index contributed by atoms with van der Waals surface area (Å²) >= 11 is 0. The molecule has 1 rings (SSSR count). The molecule has 0 aromatic carbocycles. The van der Waals surface area contributed by atoms with Gasteiger partial charge in [-0.3, -0.25) is 4.79 Å². The summed E-state index contributed by atoms with van der Waals surface area (Å²) in [4.78, 5) is 10.6. The number of carboxylic acid groups (broad SMARTS) is 1. The van der Waals surface area contributed by atoms with Gasteiger partial charge >= 0.3 is 5.97 Å². The maximum Gasteiger partial charge on any atom is 0.306 e. The van der Waals surface area contributed by atoms with E-state index in [1.165, 1.54) is 0 Å². The van der Waals surface area contributed by atoms with Gasteiger partial charge in [-0.1, -0.05) is 6.42 Å². The molecule has 1 saturated carbocycles. The van der Waals surface area contributed by atoms with Crippen LogP contribution in [0, 0.1) is 11.8 Å². The van der Waals surface area contributed by atoms with Crippen LogP contribution in [0.2, 0.25) is 0 Å². The van der Waals surface area contributed by atoms with E-state index in [1.54, 1.807) is 0 Å². The molecule has 2 atom stereocenters. The van der Waals surface area contributed by atoms with Crippen molar-refractivity contribution in [3.63, 3.8) is 0 Å². The highest BCUT2D eigenvalue weighted by Gasteiger charge is 2.31. The molecular weight excluding hydrogens is 142 g/mol. The molecule has 64 valence electrons. The van der Waals surface area contributed by atoms with Gasteiger partial charge in [0.15, 0.2) is 0 Å². The average molecular weight is 157 g/mol. The summed E-state index contributed by atoms with van der Waals surface area (Å²) in [5.74, 6) is -0.406. The van der Waals surface area contributed by atoms with E-state index in [0.29, 0.717) is 12.5 Å². The molecule has 1 aliphatic rings. The van der Waals surface area contributed by atoms with Gasteiger partial charge in [-0.05, 0) is 31.7 Å². The number of aliphatic carboxylic acids is 1. The van der Waals surface area contributed by atoms with E-state index in [2.05, 4.69) is 0 Å². The Morgan fingerprint density at radius 2 is 2.27 bits per heavy atom. The molecule has 0 heterocycles. The number of rotatable bonds is 3. The van der Waals surface area contributed by atoms with Crippen molar-refractivity contribution in [1.29, 1.82) is 0 Å². The van der Waals surface area contributed by atoms with Crippen LogP contribution in [-0.4, -0.2) is 17.6 Å². The van der Waals surface area contributed by atoms with E-state index in [1.807, 2.05) is 0 Å². The molecule has 0 saturated heterocycles. The zero-order chi connectivity index (χ0) is 8.27. The van der Waals surface area contributed by atoms with Crippen LogP contribution in [0.4, 0.5) is 0 Å². The second kappa shape index (κ2) is 3.72. The predicted molar refractivity (Wildman–Crippen MR) is 42.1 cm³/mol. The summed E-state index contributed by atoms with van der Waals surface area (Å²) < 4.78 is 0. The lowest BCUT2D eigenvalue weighted by Crippen LogP contribution is -2.20. The third-order valence-electron chi connectivity index (χ3n) is 2.51. The Morgan fingerprint density at radius 1 is 1.55 bits per heavy atom. The zero-order valence-electron chi connectivity index (χ0n) is 6.62. The van der Waals surface area contributed by atoms with Gasteiger partial charge in [0.2, 0.25) is 0 Å². The third-order valence-corrected chi connectivity index (χ3v) is 2.51. The van der Waals surface area contributed by atoms with Gasteiger partial charge in [0.1, 0.15) is 0 Å². The highest BCUT2D eigenvalue weighted by atomic mass is 16.4. The van der Waals surface area contributed by atoms with Crippen molar-refractivity contribution < 1.29 is 9.90 Å². The van der Waals surface area contributed by atoms with E-state index in [-0.39, 0.29) is 5.92 Å². The number of hydrogen-bond acceptors (Lipinski definition) is 2. The monoisotopic (exact) mass is 157 g/mol. The first-order valence-corrected chi connectivity index (χ1v) is 4.18. The number of hydrogen-bond donors (Lipinski definition) is 2. The fourth-order valence-electron chi connectivity index (χ4n) is 1.92. The smallest absolute Gasteiger partial charge is 0.306 e. The van der Waals surface area contributed by atoms with Crippen molar-refractivity contribution in [3.05, 3.63) is 0 Å². The maximum atomic E-state index is 10.6. The largest absolute Gasteiger partial charge is 0.481 e. The van der Waals surface area contributed by atoms with E-state index >= 15 is 0 Å². The van der Waals surface area contributed by atoms with Crippen LogP contribution in [0.25, 0.3) is 0 Å². The molecule has 0 aliphatic heterocycles. The SMILES string of the molecule is NCC[C@@H]1CCCC1C(=O)O. The molecule has 0 spiro atoms. The van der Waals surface area contributed by atoms with Crippen LogP contribution in [-0.2, 0) is 4.79 Å². The summed E-state index contributed by atoms with van der Waals surface area (Å²) in [6.45, 7) is 0.619. The summed E-state index contributed by atoms with van der Waals surface area (Å²) in [6, 6.07) is 0. The molecule has 1 fully saturated rings. The Hall–Kier alpha value is -0.570. The van der Waals surface area contributed by atoms with E-state index in [4.69, 9.17) is 10.8 Å². The van der Waals surface area contributed by atoms with Crippen molar-refractivity contribution in [2.24, 2.45) is 17.6 Å². The maximum absolute atomic E-state index is 10.6. The standard InChI is InChI=1S/C8H15NO2/c9-5-4-6-2-1-3-7(6)8(10)11/h6-7H,1-5,9H2,(H,10,11)/t6-,7?/m0/s1. The lowest BCUT2D eigenvalue weighted by atomic mass is 9.93. The number of carboxylic acids is 1. The van der Waals surface area contributed by atoms with Crippen molar-refractivity contribution >= 4 is 5.97 Å². The second-order valence-electron chi connectivity index (χ2n) is 3.21. The predicted octanol–water partition coefficient (Wildman–Crippen LogP) is 0.836. The van der Waals surface area contributed by atoms with Crippen LogP contribution in [0.3, 0.4) is 0 Å². The van der Waals surface area contributed by atoms with Gasteiger partial charge in [-0.15, -0.1) is 0 Å². The van der Waals surface area contributed by atoms with E-state index in [9.17, 15) is 4.79 Å². The Kier molecular flexibility index (Phi) is 2.88. The molecule has 0 aromatic heterocycles. The Balaban J connectivity index is 2.44. The normalized spacial score (nSPS) is 30.6. The Bertz CT molecular complexity index is 147. The molecule has 11 heavy (non-hydrogen) atoms. The lowest BCUT2D eigenvalue weighted by molar-refractivity contribution is -0.142. The minimum atomic E-state index is -0.638. The van der Waals surface area contributed by atoms with E-state index < -0.39 is 5.97 Å². The zero-order valence-corrected chi connectivity index (χ0v) is 6.62. The molecular formula is C8H15NO2. The minimum Gasteiger partial charge on any atom is -0.481 e. The van der Waals surface area contributed by atoms with Crippen LogP contribution < -0.4 is 5.73 Å². The molecule has 3 N–H and O–H groups in total. The summed E-state index contributed by atoms with van der Waals surface area (Å²) in [6.07, 6.45) is 3.83. The van der Waals surface area contributed by atoms with Gasteiger partial charge in [0.25, 0.3) is 0 Å². The number of carbonyl (C=O) groups is 1. The molecule has 3 nitrogen and oxygen atoms in total. The van der Waals surface area contributed by atoms with Crippen molar-refractivity contribution in [2.75, 3.05) is 6.54 Å². The quantitative estimate of drug-likeness (QED) is 0.638. The van der Waals surface area contributed by atoms with Gasteiger partial charge < -0.3 is 10.8 Å². The Morgan fingerprint density at radius 3 is 2.82 bits per heavy atom. The average Bonchev–Trinajstić information content (AvgIpc) is 2.36. The third kappa shape index (κ3) is 1.93.